The molecule has 9 heteroatoms. The molecular weight excluding hydrogens is 501 g/mol. The molecule has 194 valence electrons. The molecule has 0 spiro atoms. The molecule has 1 heterocycles. The lowest BCUT2D eigenvalue weighted by atomic mass is 9.97. The molecule has 1 unspecified atom stereocenters. The van der Waals surface area contributed by atoms with Crippen LogP contribution in [0, 0.1) is 0 Å². The first kappa shape index (κ1) is 26.6. The summed E-state index contributed by atoms with van der Waals surface area (Å²) in [4.78, 5) is 30.1. The zero-order chi connectivity index (χ0) is 27.0. The number of carbonyl (C=O) groups excluding carboxylic acids is 2. The van der Waals surface area contributed by atoms with Crippen LogP contribution in [-0.4, -0.2) is 29.4 Å². The molecular formula is C28H27F3N2O3S. The van der Waals surface area contributed by atoms with Gasteiger partial charge in [0.25, 0.3) is 5.91 Å². The van der Waals surface area contributed by atoms with Crippen LogP contribution in [0.1, 0.15) is 53.9 Å². The van der Waals surface area contributed by atoms with Crippen LogP contribution in [-0.2, 0) is 17.5 Å². The van der Waals surface area contributed by atoms with Crippen molar-refractivity contribution in [2.75, 3.05) is 7.11 Å². The summed E-state index contributed by atoms with van der Waals surface area (Å²) in [6.45, 7) is 5.33. The molecule has 1 atom stereocenters. The molecule has 0 aliphatic carbocycles. The van der Waals surface area contributed by atoms with Gasteiger partial charge in [0.1, 0.15) is 11.8 Å². The molecule has 0 bridgehead atoms. The summed E-state index contributed by atoms with van der Waals surface area (Å²) in [7, 11) is 1.54. The Morgan fingerprint density at radius 3 is 2.30 bits per heavy atom. The van der Waals surface area contributed by atoms with Crippen LogP contribution in [0.3, 0.4) is 0 Å². The third kappa shape index (κ3) is 5.93. The van der Waals surface area contributed by atoms with E-state index in [9.17, 15) is 22.8 Å². The minimum atomic E-state index is -4.62. The lowest BCUT2D eigenvalue weighted by molar-refractivity contribution is -0.138. The highest BCUT2D eigenvalue weighted by atomic mass is 32.2. The number of hydrogen-bond donors (Lipinski definition) is 1. The lowest BCUT2D eigenvalue weighted by Crippen LogP contribution is -2.49. The minimum absolute atomic E-state index is 0.000254. The highest BCUT2D eigenvalue weighted by molar-refractivity contribution is 7.99. The van der Waals surface area contributed by atoms with Gasteiger partial charge >= 0.3 is 6.18 Å². The molecule has 1 N–H and O–H groups in total. The number of alkyl halides is 3. The van der Waals surface area contributed by atoms with E-state index in [1.807, 2.05) is 0 Å². The first-order chi connectivity index (χ1) is 17.4. The highest BCUT2D eigenvalue weighted by Gasteiger charge is 2.40. The van der Waals surface area contributed by atoms with Crippen molar-refractivity contribution in [3.8, 4) is 5.75 Å². The molecule has 0 aromatic heterocycles. The van der Waals surface area contributed by atoms with Crippen molar-refractivity contribution in [2.24, 2.45) is 0 Å². The van der Waals surface area contributed by atoms with Crippen LogP contribution in [0.15, 0.2) is 76.5 Å². The van der Waals surface area contributed by atoms with Gasteiger partial charge in [0.05, 0.1) is 18.2 Å². The van der Waals surface area contributed by atoms with Gasteiger partial charge in [-0.2, -0.15) is 13.2 Å². The van der Waals surface area contributed by atoms with E-state index in [4.69, 9.17) is 4.74 Å². The number of ether oxygens (including phenoxy) is 1. The number of rotatable bonds is 4. The number of hydrogen-bond acceptors (Lipinski definition) is 4. The molecule has 4 rings (SSSR count). The predicted molar refractivity (Wildman–Crippen MR) is 136 cm³/mol. The fraction of sp³-hybridized carbons (Fsp3) is 0.286. The van der Waals surface area contributed by atoms with Crippen LogP contribution in [0.25, 0.3) is 0 Å². The summed E-state index contributed by atoms with van der Waals surface area (Å²) in [6.07, 6.45) is -4.62. The van der Waals surface area contributed by atoms with E-state index in [-0.39, 0.29) is 12.1 Å². The maximum atomic E-state index is 14.0. The van der Waals surface area contributed by atoms with Crippen molar-refractivity contribution in [1.82, 2.24) is 10.2 Å². The van der Waals surface area contributed by atoms with Crippen LogP contribution in [0.4, 0.5) is 13.2 Å². The first-order valence-electron chi connectivity index (χ1n) is 11.6. The Balaban J connectivity index is 1.94. The van der Waals surface area contributed by atoms with E-state index in [1.165, 1.54) is 29.8 Å². The Hall–Kier alpha value is -3.46. The van der Waals surface area contributed by atoms with Gasteiger partial charge in [-0.25, -0.2) is 0 Å². The fourth-order valence-corrected chi connectivity index (χ4v) is 5.21. The number of fused-ring (bicyclic) bond motifs is 2. The first-order valence-corrected chi connectivity index (χ1v) is 12.4. The van der Waals surface area contributed by atoms with E-state index in [0.717, 1.165) is 12.1 Å². The van der Waals surface area contributed by atoms with Gasteiger partial charge in [-0.3, -0.25) is 9.59 Å². The number of nitrogens with one attached hydrogen (secondary N) is 1. The zero-order valence-electron chi connectivity index (χ0n) is 20.8. The number of benzene rings is 3. The van der Waals surface area contributed by atoms with Gasteiger partial charge < -0.3 is 15.0 Å². The largest absolute Gasteiger partial charge is 0.497 e. The molecule has 1 aliphatic heterocycles. The minimum Gasteiger partial charge on any atom is -0.497 e. The van der Waals surface area contributed by atoms with Crippen molar-refractivity contribution in [2.45, 2.75) is 54.9 Å². The summed E-state index contributed by atoms with van der Waals surface area (Å²) in [6, 6.07) is 16.0. The molecule has 0 saturated heterocycles. The van der Waals surface area contributed by atoms with Crippen LogP contribution >= 0.6 is 11.8 Å². The summed E-state index contributed by atoms with van der Waals surface area (Å²) < 4.78 is 46.5. The summed E-state index contributed by atoms with van der Waals surface area (Å²) in [5.74, 6) is -0.391. The second-order valence-electron chi connectivity index (χ2n) is 9.77. The van der Waals surface area contributed by atoms with Gasteiger partial charge in [-0.05, 0) is 74.4 Å². The summed E-state index contributed by atoms with van der Waals surface area (Å²) in [5.41, 5.74) is -0.368. The van der Waals surface area contributed by atoms with Gasteiger partial charge in [-0.15, -0.1) is 0 Å². The Morgan fingerprint density at radius 1 is 1.00 bits per heavy atom. The van der Waals surface area contributed by atoms with Gasteiger partial charge in [0.2, 0.25) is 5.91 Å². The van der Waals surface area contributed by atoms with Crippen molar-refractivity contribution in [3.63, 3.8) is 0 Å². The summed E-state index contributed by atoms with van der Waals surface area (Å²) in [5, 5.41) is 2.87. The number of nitrogens with zero attached hydrogens (tertiary/aromatic N) is 1. The average Bonchev–Trinajstić information content (AvgIpc) is 2.82. The normalized spacial score (nSPS) is 15.8. The Morgan fingerprint density at radius 2 is 1.68 bits per heavy atom. The van der Waals surface area contributed by atoms with Crippen molar-refractivity contribution >= 4 is 23.6 Å². The number of halogens is 3. The molecule has 0 saturated carbocycles. The average molecular weight is 529 g/mol. The molecule has 1 aliphatic rings. The molecule has 3 aromatic carbocycles. The second-order valence-corrected chi connectivity index (χ2v) is 10.9. The van der Waals surface area contributed by atoms with Crippen LogP contribution in [0.5, 0.6) is 5.75 Å². The van der Waals surface area contributed by atoms with Crippen LogP contribution < -0.4 is 10.1 Å². The van der Waals surface area contributed by atoms with Crippen molar-refractivity contribution in [1.29, 1.82) is 0 Å². The molecule has 5 nitrogen and oxygen atoms in total. The second kappa shape index (κ2) is 10.1. The fourth-order valence-electron chi connectivity index (χ4n) is 4.13. The molecule has 0 radical (unpaired) electrons. The van der Waals surface area contributed by atoms with Crippen LogP contribution in [0.2, 0.25) is 0 Å². The smallest absolute Gasteiger partial charge is 0.416 e. The van der Waals surface area contributed by atoms with E-state index in [2.05, 4.69) is 5.32 Å². The van der Waals surface area contributed by atoms with Gasteiger partial charge in [0, 0.05) is 21.9 Å². The molecule has 0 fully saturated rings. The maximum absolute atomic E-state index is 14.0. The number of methoxy groups -OCH3 is 1. The van der Waals surface area contributed by atoms with Crippen molar-refractivity contribution in [3.05, 3.63) is 89.0 Å². The Kier molecular flexibility index (Phi) is 7.28. The Labute approximate surface area is 218 Å². The van der Waals surface area contributed by atoms with E-state index < -0.39 is 35.1 Å². The van der Waals surface area contributed by atoms with E-state index in [0.29, 0.717) is 26.7 Å². The topological polar surface area (TPSA) is 58.6 Å². The molecule has 37 heavy (non-hydrogen) atoms. The third-order valence-corrected chi connectivity index (χ3v) is 6.97. The van der Waals surface area contributed by atoms with Gasteiger partial charge in [-0.1, -0.05) is 36.0 Å². The standard InChI is InChI=1S/C28H27F3N2O3S/c1-27(2,3)32-25(34)24-21-15-18(28(29,30)31)11-14-23(21)37-22-8-6-5-7-20(22)26(35)33(24)16-17-9-12-19(36-4)13-10-17/h5-15,24H,16H2,1-4H3,(H,32,34). The number of amides is 2. The zero-order valence-corrected chi connectivity index (χ0v) is 21.7. The SMILES string of the molecule is COc1ccc(CN2C(=O)c3ccccc3Sc3ccc(C(F)(F)F)cc3C2C(=O)NC(C)(C)C)cc1. The number of carbonyl (C=O) groups is 2. The van der Waals surface area contributed by atoms with E-state index >= 15 is 0 Å². The van der Waals surface area contributed by atoms with Crippen molar-refractivity contribution < 1.29 is 27.5 Å². The maximum Gasteiger partial charge on any atom is 0.416 e. The summed E-state index contributed by atoms with van der Waals surface area (Å²) >= 11 is 1.18. The third-order valence-electron chi connectivity index (χ3n) is 5.80. The van der Waals surface area contributed by atoms with E-state index in [1.54, 1.807) is 69.3 Å². The van der Waals surface area contributed by atoms with Gasteiger partial charge in [0.15, 0.2) is 0 Å². The molecule has 2 amide bonds. The Bertz CT molecular complexity index is 1320. The predicted octanol–water partition coefficient (Wildman–Crippen LogP) is 6.48. The highest BCUT2D eigenvalue weighted by Crippen LogP contribution is 2.43. The quantitative estimate of drug-likeness (QED) is 0.421. The monoisotopic (exact) mass is 528 g/mol. The molecule has 3 aromatic rings. The lowest BCUT2D eigenvalue weighted by Gasteiger charge is -2.36.